The Morgan fingerprint density at radius 3 is 2.75 bits per heavy atom. The Kier molecular flexibility index (Phi) is 5.70. The van der Waals surface area contributed by atoms with E-state index in [1.807, 2.05) is 0 Å². The van der Waals surface area contributed by atoms with Crippen LogP contribution in [0.5, 0.6) is 11.5 Å². The zero-order chi connectivity index (χ0) is 17.7. The Balaban J connectivity index is 2.14. The van der Waals surface area contributed by atoms with Gasteiger partial charge in [-0.3, -0.25) is 4.79 Å². The zero-order valence-electron chi connectivity index (χ0n) is 12.5. The maximum absolute atomic E-state index is 12.2. The summed E-state index contributed by atoms with van der Waals surface area (Å²) < 4.78 is 28.7. The second kappa shape index (κ2) is 7.74. The molecule has 0 atom stereocenters. The second-order valence-corrected chi connectivity index (χ2v) is 5.14. The Morgan fingerprint density at radius 2 is 2.04 bits per heavy atom. The molecule has 0 radical (unpaired) electrons. The zero-order valence-corrected chi connectivity index (χ0v) is 13.2. The number of aromatic hydroxyl groups is 1. The SMILES string of the molecule is C/C(=N/NC(=O)c1cc(Cl)ccc1O)c1cccc(OC(F)F)c1. The first-order valence-electron chi connectivity index (χ1n) is 6.75. The number of nitrogens with one attached hydrogen (secondary N) is 1. The maximum atomic E-state index is 12.2. The molecule has 126 valence electrons. The van der Waals surface area contributed by atoms with Crippen LogP contribution in [0.2, 0.25) is 5.02 Å². The number of halogens is 3. The van der Waals surface area contributed by atoms with E-state index in [0.717, 1.165) is 0 Å². The smallest absolute Gasteiger partial charge is 0.387 e. The Bertz CT molecular complexity index is 782. The van der Waals surface area contributed by atoms with Gasteiger partial charge in [0, 0.05) is 10.6 Å². The molecule has 0 aromatic heterocycles. The van der Waals surface area contributed by atoms with Crippen LogP contribution >= 0.6 is 11.6 Å². The van der Waals surface area contributed by atoms with Crippen LogP contribution in [0.15, 0.2) is 47.6 Å². The van der Waals surface area contributed by atoms with Crippen LogP contribution in [-0.2, 0) is 0 Å². The summed E-state index contributed by atoms with van der Waals surface area (Å²) in [6.07, 6.45) is 0. The van der Waals surface area contributed by atoms with Crippen molar-refractivity contribution >= 4 is 23.2 Å². The van der Waals surface area contributed by atoms with Gasteiger partial charge in [0.1, 0.15) is 11.5 Å². The van der Waals surface area contributed by atoms with E-state index in [1.165, 1.54) is 36.4 Å². The lowest BCUT2D eigenvalue weighted by Crippen LogP contribution is -2.19. The molecule has 0 aliphatic rings. The van der Waals surface area contributed by atoms with Gasteiger partial charge in [-0.1, -0.05) is 23.7 Å². The van der Waals surface area contributed by atoms with Crippen molar-refractivity contribution in [3.8, 4) is 11.5 Å². The number of carbonyl (C=O) groups excluding carboxylic acids is 1. The fraction of sp³-hybridized carbons (Fsp3) is 0.125. The number of hydrogen-bond donors (Lipinski definition) is 2. The van der Waals surface area contributed by atoms with Gasteiger partial charge in [-0.15, -0.1) is 0 Å². The molecule has 2 rings (SSSR count). The van der Waals surface area contributed by atoms with Crippen LogP contribution in [0.4, 0.5) is 8.78 Å². The van der Waals surface area contributed by atoms with Crippen molar-refractivity contribution in [2.45, 2.75) is 13.5 Å². The lowest BCUT2D eigenvalue weighted by Gasteiger charge is -2.07. The Hall–Kier alpha value is -2.67. The van der Waals surface area contributed by atoms with Crippen LogP contribution in [0.1, 0.15) is 22.8 Å². The molecule has 0 heterocycles. The van der Waals surface area contributed by atoms with Crippen molar-refractivity contribution in [1.82, 2.24) is 5.43 Å². The number of hydrazone groups is 1. The maximum Gasteiger partial charge on any atom is 0.387 e. The summed E-state index contributed by atoms with van der Waals surface area (Å²) in [6, 6.07) is 9.93. The predicted molar refractivity (Wildman–Crippen MR) is 85.9 cm³/mol. The molecule has 2 N–H and O–H groups in total. The van der Waals surface area contributed by atoms with Crippen LogP contribution < -0.4 is 10.2 Å². The lowest BCUT2D eigenvalue weighted by atomic mass is 10.1. The average molecular weight is 355 g/mol. The van der Waals surface area contributed by atoms with Crippen molar-refractivity contribution in [2.24, 2.45) is 5.10 Å². The van der Waals surface area contributed by atoms with Gasteiger partial charge in [-0.25, -0.2) is 5.43 Å². The molecular formula is C16H13ClF2N2O3. The Labute approximate surface area is 141 Å². The predicted octanol–water partition coefficient (Wildman–Crippen LogP) is 3.80. The van der Waals surface area contributed by atoms with Gasteiger partial charge in [-0.2, -0.15) is 13.9 Å². The molecule has 5 nitrogen and oxygen atoms in total. The molecule has 24 heavy (non-hydrogen) atoms. The third-order valence-electron chi connectivity index (χ3n) is 3.01. The normalized spacial score (nSPS) is 11.5. The van der Waals surface area contributed by atoms with E-state index in [0.29, 0.717) is 11.3 Å². The summed E-state index contributed by atoms with van der Waals surface area (Å²) in [5, 5.41) is 13.8. The van der Waals surface area contributed by atoms with Gasteiger partial charge in [0.15, 0.2) is 0 Å². The summed E-state index contributed by atoms with van der Waals surface area (Å²) in [4.78, 5) is 12.0. The van der Waals surface area contributed by atoms with E-state index in [1.54, 1.807) is 13.0 Å². The number of ether oxygens (including phenoxy) is 1. The third kappa shape index (κ3) is 4.66. The van der Waals surface area contributed by atoms with Gasteiger partial charge in [0.05, 0.1) is 11.3 Å². The largest absolute Gasteiger partial charge is 0.507 e. The van der Waals surface area contributed by atoms with E-state index in [-0.39, 0.29) is 22.1 Å². The van der Waals surface area contributed by atoms with Crippen LogP contribution in [0, 0.1) is 0 Å². The molecule has 2 aromatic rings. The number of rotatable bonds is 5. The third-order valence-corrected chi connectivity index (χ3v) is 3.24. The standard InChI is InChI=1S/C16H13ClF2N2O3/c1-9(10-3-2-4-12(7-10)24-16(18)19)20-21-15(23)13-8-11(17)5-6-14(13)22/h2-8,16,22H,1H3,(H,21,23)/b20-9-. The number of alkyl halides is 2. The molecule has 0 saturated carbocycles. The molecule has 0 fully saturated rings. The van der Waals surface area contributed by atoms with E-state index in [2.05, 4.69) is 15.3 Å². The second-order valence-electron chi connectivity index (χ2n) is 4.71. The van der Waals surface area contributed by atoms with Gasteiger partial charge >= 0.3 is 6.61 Å². The molecule has 0 saturated heterocycles. The highest BCUT2D eigenvalue weighted by molar-refractivity contribution is 6.31. The van der Waals surface area contributed by atoms with Crippen molar-refractivity contribution in [2.75, 3.05) is 0 Å². The minimum Gasteiger partial charge on any atom is -0.507 e. The van der Waals surface area contributed by atoms with Gasteiger partial charge in [-0.05, 0) is 37.3 Å². The average Bonchev–Trinajstić information content (AvgIpc) is 2.54. The minimum absolute atomic E-state index is 0.0177. The first kappa shape index (κ1) is 17.7. The highest BCUT2D eigenvalue weighted by atomic mass is 35.5. The summed E-state index contributed by atoms with van der Waals surface area (Å²) in [5.41, 5.74) is 3.09. The first-order valence-corrected chi connectivity index (χ1v) is 7.13. The fourth-order valence-corrected chi connectivity index (χ4v) is 2.02. The van der Waals surface area contributed by atoms with E-state index in [4.69, 9.17) is 11.6 Å². The number of carbonyl (C=O) groups is 1. The molecule has 2 aromatic carbocycles. The van der Waals surface area contributed by atoms with E-state index in [9.17, 15) is 18.7 Å². The van der Waals surface area contributed by atoms with Crippen molar-refractivity contribution in [1.29, 1.82) is 0 Å². The minimum atomic E-state index is -2.93. The molecule has 1 amide bonds. The van der Waals surface area contributed by atoms with Crippen molar-refractivity contribution < 1.29 is 23.4 Å². The lowest BCUT2D eigenvalue weighted by molar-refractivity contribution is -0.0498. The molecule has 8 heteroatoms. The van der Waals surface area contributed by atoms with Crippen LogP contribution in [0.3, 0.4) is 0 Å². The highest BCUT2D eigenvalue weighted by Gasteiger charge is 2.11. The molecule has 0 aliphatic heterocycles. The van der Waals surface area contributed by atoms with Crippen molar-refractivity contribution in [3.63, 3.8) is 0 Å². The van der Waals surface area contributed by atoms with Crippen LogP contribution in [0.25, 0.3) is 0 Å². The molecular weight excluding hydrogens is 342 g/mol. The number of phenolic OH excluding ortho intramolecular Hbond substituents is 1. The highest BCUT2D eigenvalue weighted by Crippen LogP contribution is 2.21. The Morgan fingerprint density at radius 1 is 1.29 bits per heavy atom. The number of phenols is 1. The summed E-state index contributed by atoms with van der Waals surface area (Å²) in [5.74, 6) is -0.915. The van der Waals surface area contributed by atoms with Gasteiger partial charge < -0.3 is 9.84 Å². The summed E-state index contributed by atoms with van der Waals surface area (Å²) in [6.45, 7) is -1.34. The topological polar surface area (TPSA) is 70.9 Å². The number of nitrogens with zero attached hydrogens (tertiary/aromatic N) is 1. The van der Waals surface area contributed by atoms with Crippen LogP contribution in [-0.4, -0.2) is 23.3 Å². The number of hydrogen-bond acceptors (Lipinski definition) is 4. The molecule has 0 spiro atoms. The first-order chi connectivity index (χ1) is 11.4. The number of benzene rings is 2. The summed E-state index contributed by atoms with van der Waals surface area (Å²) in [7, 11) is 0. The number of amides is 1. The molecule has 0 unspecified atom stereocenters. The monoisotopic (exact) mass is 354 g/mol. The van der Waals surface area contributed by atoms with Crippen molar-refractivity contribution in [3.05, 3.63) is 58.6 Å². The fourth-order valence-electron chi connectivity index (χ4n) is 1.85. The summed E-state index contributed by atoms with van der Waals surface area (Å²) >= 11 is 5.78. The molecule has 0 aliphatic carbocycles. The van der Waals surface area contributed by atoms with Gasteiger partial charge in [0.2, 0.25) is 0 Å². The quantitative estimate of drug-likeness (QED) is 0.633. The van der Waals surface area contributed by atoms with E-state index >= 15 is 0 Å². The van der Waals surface area contributed by atoms with Gasteiger partial charge in [0.25, 0.3) is 5.91 Å². The molecule has 0 bridgehead atoms. The van der Waals surface area contributed by atoms with E-state index < -0.39 is 12.5 Å².